The summed E-state index contributed by atoms with van der Waals surface area (Å²) >= 11 is 0. The van der Waals surface area contributed by atoms with Gasteiger partial charge in [-0.05, 0) is 53.8 Å². The quantitative estimate of drug-likeness (QED) is 0.602. The molecule has 0 aromatic rings. The minimum atomic E-state index is 0.602. The fourth-order valence-electron chi connectivity index (χ4n) is 1.47. The number of hydrogen-bond acceptors (Lipinski definition) is 2. The summed E-state index contributed by atoms with van der Waals surface area (Å²) in [6, 6.07) is 1.21. The second-order valence-corrected chi connectivity index (χ2v) is 4.43. The minimum Gasteiger partial charge on any atom is -0.312 e. The van der Waals surface area contributed by atoms with Crippen molar-refractivity contribution < 1.29 is 0 Å². The van der Waals surface area contributed by atoms with Gasteiger partial charge in [0.25, 0.3) is 0 Å². The Bertz CT molecular complexity index is 143. The van der Waals surface area contributed by atoms with Gasteiger partial charge in [-0.15, -0.1) is 6.58 Å². The lowest BCUT2D eigenvalue weighted by atomic mass is 10.1. The Morgan fingerprint density at radius 3 is 2.29 bits per heavy atom. The van der Waals surface area contributed by atoms with Crippen molar-refractivity contribution in [2.45, 2.75) is 45.2 Å². The Balaban J connectivity index is 3.49. The van der Waals surface area contributed by atoms with Crippen molar-refractivity contribution in [3.63, 3.8) is 0 Å². The van der Waals surface area contributed by atoms with Crippen molar-refractivity contribution >= 4 is 0 Å². The van der Waals surface area contributed by atoms with E-state index in [1.807, 2.05) is 6.08 Å². The predicted octanol–water partition coefficient (Wildman–Crippen LogP) is 2.27. The third kappa shape index (κ3) is 8.27. The van der Waals surface area contributed by atoms with Gasteiger partial charge in [-0.3, -0.25) is 0 Å². The van der Waals surface area contributed by atoms with E-state index < -0.39 is 0 Å². The van der Waals surface area contributed by atoms with Gasteiger partial charge < -0.3 is 10.2 Å². The molecule has 0 aliphatic carbocycles. The van der Waals surface area contributed by atoms with Crippen molar-refractivity contribution in [2.75, 3.05) is 20.6 Å². The van der Waals surface area contributed by atoms with Crippen LogP contribution in [0.25, 0.3) is 0 Å². The lowest BCUT2D eigenvalue weighted by Gasteiger charge is -2.21. The number of rotatable bonds is 8. The van der Waals surface area contributed by atoms with Gasteiger partial charge in [0.15, 0.2) is 0 Å². The van der Waals surface area contributed by atoms with E-state index in [4.69, 9.17) is 0 Å². The summed E-state index contributed by atoms with van der Waals surface area (Å²) in [6.07, 6.45) is 5.50. The number of allylic oxidation sites excluding steroid dienone is 1. The zero-order valence-electron chi connectivity index (χ0n) is 10.2. The predicted molar refractivity (Wildman–Crippen MR) is 64.7 cm³/mol. The van der Waals surface area contributed by atoms with E-state index in [-0.39, 0.29) is 0 Å². The van der Waals surface area contributed by atoms with Gasteiger partial charge in [0.2, 0.25) is 0 Å². The van der Waals surface area contributed by atoms with Crippen LogP contribution in [0.2, 0.25) is 0 Å². The van der Waals surface area contributed by atoms with E-state index in [1.54, 1.807) is 0 Å². The Kier molecular flexibility index (Phi) is 7.81. The first-order valence-electron chi connectivity index (χ1n) is 5.58. The molecule has 0 amide bonds. The third-order valence-electron chi connectivity index (χ3n) is 2.38. The van der Waals surface area contributed by atoms with E-state index in [0.29, 0.717) is 12.1 Å². The van der Waals surface area contributed by atoms with Gasteiger partial charge in [-0.2, -0.15) is 0 Å². The van der Waals surface area contributed by atoms with E-state index in [9.17, 15) is 0 Å². The standard InChI is InChI=1S/C12H26N2/c1-6-7-8-11(2)13-12(3)9-10-14(4)5/h6,11-13H,1,7-10H2,2-5H3. The SMILES string of the molecule is C=CCCC(C)NC(C)CCN(C)C. The summed E-state index contributed by atoms with van der Waals surface area (Å²) in [5.41, 5.74) is 0. The first kappa shape index (κ1) is 13.7. The molecule has 2 heteroatoms. The molecule has 0 heterocycles. The molecule has 0 rings (SSSR count). The fourth-order valence-corrected chi connectivity index (χ4v) is 1.47. The highest BCUT2D eigenvalue weighted by Crippen LogP contribution is 2.00. The van der Waals surface area contributed by atoms with E-state index in [0.717, 1.165) is 13.0 Å². The van der Waals surface area contributed by atoms with Crippen LogP contribution in [0.4, 0.5) is 0 Å². The molecule has 2 nitrogen and oxygen atoms in total. The van der Waals surface area contributed by atoms with Crippen LogP contribution < -0.4 is 5.32 Å². The van der Waals surface area contributed by atoms with Crippen LogP contribution in [-0.4, -0.2) is 37.6 Å². The number of nitrogens with one attached hydrogen (secondary N) is 1. The molecule has 0 aromatic heterocycles. The molecule has 14 heavy (non-hydrogen) atoms. The van der Waals surface area contributed by atoms with Crippen LogP contribution in [-0.2, 0) is 0 Å². The average molecular weight is 198 g/mol. The molecule has 0 fully saturated rings. The molecule has 1 N–H and O–H groups in total. The maximum Gasteiger partial charge on any atom is 0.00533 e. The maximum atomic E-state index is 3.74. The highest BCUT2D eigenvalue weighted by molar-refractivity contribution is 4.73. The summed E-state index contributed by atoms with van der Waals surface area (Å²) in [4.78, 5) is 2.23. The molecule has 0 saturated heterocycles. The molecular formula is C12H26N2. The zero-order valence-corrected chi connectivity index (χ0v) is 10.2. The first-order valence-corrected chi connectivity index (χ1v) is 5.58. The highest BCUT2D eigenvalue weighted by Gasteiger charge is 2.06. The van der Waals surface area contributed by atoms with Gasteiger partial charge in [0.05, 0.1) is 0 Å². The highest BCUT2D eigenvalue weighted by atomic mass is 15.1. The van der Waals surface area contributed by atoms with Gasteiger partial charge in [-0.1, -0.05) is 6.08 Å². The molecular weight excluding hydrogens is 172 g/mol. The molecule has 2 unspecified atom stereocenters. The van der Waals surface area contributed by atoms with Gasteiger partial charge in [0.1, 0.15) is 0 Å². The second kappa shape index (κ2) is 8.01. The van der Waals surface area contributed by atoms with Crippen LogP contribution in [0, 0.1) is 0 Å². The van der Waals surface area contributed by atoms with Gasteiger partial charge in [-0.25, -0.2) is 0 Å². The molecule has 0 aliphatic heterocycles. The van der Waals surface area contributed by atoms with Crippen molar-refractivity contribution in [1.82, 2.24) is 10.2 Å². The van der Waals surface area contributed by atoms with Crippen LogP contribution in [0.15, 0.2) is 12.7 Å². The van der Waals surface area contributed by atoms with Gasteiger partial charge >= 0.3 is 0 Å². The monoisotopic (exact) mass is 198 g/mol. The second-order valence-electron chi connectivity index (χ2n) is 4.43. The zero-order chi connectivity index (χ0) is 11.0. The summed E-state index contributed by atoms with van der Waals surface area (Å²) in [5.74, 6) is 0. The maximum absolute atomic E-state index is 3.74. The largest absolute Gasteiger partial charge is 0.312 e. The lowest BCUT2D eigenvalue weighted by molar-refractivity contribution is 0.349. The first-order chi connectivity index (χ1) is 6.56. The topological polar surface area (TPSA) is 15.3 Å². The molecule has 0 spiro atoms. The molecule has 0 bridgehead atoms. The summed E-state index contributed by atoms with van der Waals surface area (Å²) < 4.78 is 0. The van der Waals surface area contributed by atoms with E-state index >= 15 is 0 Å². The van der Waals surface area contributed by atoms with Crippen LogP contribution in [0.1, 0.15) is 33.1 Å². The van der Waals surface area contributed by atoms with Crippen molar-refractivity contribution in [1.29, 1.82) is 0 Å². The molecule has 0 aliphatic rings. The van der Waals surface area contributed by atoms with Crippen molar-refractivity contribution in [2.24, 2.45) is 0 Å². The minimum absolute atomic E-state index is 0.602. The smallest absolute Gasteiger partial charge is 0.00533 e. The summed E-state index contributed by atoms with van der Waals surface area (Å²) in [6.45, 7) is 9.40. The average Bonchev–Trinajstić information content (AvgIpc) is 2.11. The Morgan fingerprint density at radius 1 is 1.21 bits per heavy atom. The normalized spacial score (nSPS) is 15.5. The number of hydrogen-bond donors (Lipinski definition) is 1. The number of nitrogens with zero attached hydrogens (tertiary/aromatic N) is 1. The Morgan fingerprint density at radius 2 is 1.79 bits per heavy atom. The summed E-state index contributed by atoms with van der Waals surface area (Å²) in [7, 11) is 4.24. The van der Waals surface area contributed by atoms with E-state index in [1.165, 1.54) is 12.8 Å². The Hall–Kier alpha value is -0.340. The fraction of sp³-hybridized carbons (Fsp3) is 0.833. The van der Waals surface area contributed by atoms with E-state index in [2.05, 4.69) is 44.7 Å². The van der Waals surface area contributed by atoms with Gasteiger partial charge in [0, 0.05) is 12.1 Å². The van der Waals surface area contributed by atoms with Crippen LogP contribution in [0.5, 0.6) is 0 Å². The molecule has 0 saturated carbocycles. The molecule has 2 atom stereocenters. The third-order valence-corrected chi connectivity index (χ3v) is 2.38. The molecule has 0 radical (unpaired) electrons. The van der Waals surface area contributed by atoms with Crippen LogP contribution in [0.3, 0.4) is 0 Å². The molecule has 84 valence electrons. The van der Waals surface area contributed by atoms with Crippen LogP contribution >= 0.6 is 0 Å². The summed E-state index contributed by atoms with van der Waals surface area (Å²) in [5, 5.41) is 3.60. The van der Waals surface area contributed by atoms with Crippen molar-refractivity contribution in [3.8, 4) is 0 Å². The molecule has 0 aromatic carbocycles. The Labute approximate surface area is 89.4 Å². The lowest BCUT2D eigenvalue weighted by Crippen LogP contribution is -2.36. The van der Waals surface area contributed by atoms with Crippen molar-refractivity contribution in [3.05, 3.63) is 12.7 Å².